The minimum atomic E-state index is -0.732. The summed E-state index contributed by atoms with van der Waals surface area (Å²) in [6.07, 6.45) is 2.46. The first-order valence-corrected chi connectivity index (χ1v) is 6.35. The lowest BCUT2D eigenvalue weighted by atomic mass is 9.94. The van der Waals surface area contributed by atoms with Gasteiger partial charge in [-0.3, -0.25) is 0 Å². The Morgan fingerprint density at radius 3 is 2.89 bits per heavy atom. The molecule has 1 aliphatic rings. The number of aryl methyl sites for hydroxylation is 1. The molecule has 102 valence electrons. The molecule has 7 nitrogen and oxygen atoms in total. The van der Waals surface area contributed by atoms with E-state index in [1.165, 1.54) is 0 Å². The summed E-state index contributed by atoms with van der Waals surface area (Å²) in [4.78, 5) is 11.3. The van der Waals surface area contributed by atoms with E-state index in [2.05, 4.69) is 20.1 Å². The van der Waals surface area contributed by atoms with Gasteiger partial charge in [-0.05, 0) is 25.7 Å². The molecule has 2 N–H and O–H groups in total. The number of rotatable bonds is 3. The molecule has 0 amide bonds. The molecule has 3 heterocycles. The van der Waals surface area contributed by atoms with Gasteiger partial charge in [0.15, 0.2) is 0 Å². The van der Waals surface area contributed by atoms with Crippen LogP contribution >= 0.6 is 0 Å². The summed E-state index contributed by atoms with van der Waals surface area (Å²) in [5.74, 6) is 0.770. The molecule has 19 heavy (non-hydrogen) atoms. The van der Waals surface area contributed by atoms with Gasteiger partial charge in [0.2, 0.25) is 5.82 Å². The van der Waals surface area contributed by atoms with Crippen LogP contribution < -0.4 is 0 Å². The van der Waals surface area contributed by atoms with Crippen LogP contribution in [0, 0.1) is 12.8 Å². The molecular formula is C12H16N4O3. The van der Waals surface area contributed by atoms with Gasteiger partial charge in [0, 0.05) is 18.9 Å². The Bertz CT molecular complexity index is 545. The number of hydrogen-bond donors (Lipinski definition) is 2. The molecule has 2 aromatic heterocycles. The van der Waals surface area contributed by atoms with E-state index in [1.807, 2.05) is 6.92 Å². The standard InChI is InChI=1S/C12H16N4O3/c1-7-9(14-6-13-7)11-15-12(19-16-11)10(17)8-2-4-18-5-3-8/h6,8,10,17H,2-5H2,1H3,(H,13,14). The zero-order valence-corrected chi connectivity index (χ0v) is 10.7. The van der Waals surface area contributed by atoms with Gasteiger partial charge in [-0.1, -0.05) is 5.16 Å². The molecular weight excluding hydrogens is 248 g/mol. The number of aromatic amines is 1. The number of nitrogens with one attached hydrogen (secondary N) is 1. The van der Waals surface area contributed by atoms with Gasteiger partial charge in [0.05, 0.1) is 6.33 Å². The van der Waals surface area contributed by atoms with Crippen LogP contribution in [0.1, 0.15) is 30.5 Å². The number of nitrogens with zero attached hydrogens (tertiary/aromatic N) is 3. The van der Waals surface area contributed by atoms with E-state index in [4.69, 9.17) is 9.26 Å². The van der Waals surface area contributed by atoms with Crippen molar-refractivity contribution in [1.29, 1.82) is 0 Å². The van der Waals surface area contributed by atoms with E-state index in [0.29, 0.717) is 24.7 Å². The van der Waals surface area contributed by atoms with Crippen molar-refractivity contribution in [2.24, 2.45) is 5.92 Å². The van der Waals surface area contributed by atoms with Crippen molar-refractivity contribution in [1.82, 2.24) is 20.1 Å². The first-order chi connectivity index (χ1) is 9.25. The summed E-state index contributed by atoms with van der Waals surface area (Å²) in [5, 5.41) is 14.1. The summed E-state index contributed by atoms with van der Waals surface area (Å²) in [6.45, 7) is 3.22. The van der Waals surface area contributed by atoms with Gasteiger partial charge in [-0.25, -0.2) is 4.98 Å². The lowest BCUT2D eigenvalue weighted by molar-refractivity contribution is -0.00545. The minimum absolute atomic E-state index is 0.113. The van der Waals surface area contributed by atoms with Gasteiger partial charge in [-0.15, -0.1) is 0 Å². The molecule has 1 unspecified atom stereocenters. The molecule has 3 rings (SSSR count). The second-order valence-electron chi connectivity index (χ2n) is 4.73. The maximum absolute atomic E-state index is 10.2. The maximum atomic E-state index is 10.2. The van der Waals surface area contributed by atoms with Crippen LogP contribution in [0.2, 0.25) is 0 Å². The smallest absolute Gasteiger partial charge is 0.256 e. The highest BCUT2D eigenvalue weighted by Crippen LogP contribution is 2.30. The molecule has 0 saturated carbocycles. The molecule has 0 bridgehead atoms. The number of aromatic nitrogens is 4. The van der Waals surface area contributed by atoms with E-state index in [9.17, 15) is 5.11 Å². The van der Waals surface area contributed by atoms with Gasteiger partial charge < -0.3 is 19.4 Å². The second-order valence-corrected chi connectivity index (χ2v) is 4.73. The lowest BCUT2D eigenvalue weighted by Gasteiger charge is -2.24. The van der Waals surface area contributed by atoms with Crippen molar-refractivity contribution in [3.8, 4) is 11.5 Å². The van der Waals surface area contributed by atoms with E-state index in [0.717, 1.165) is 18.5 Å². The molecule has 1 saturated heterocycles. The highest BCUT2D eigenvalue weighted by molar-refractivity contribution is 5.51. The van der Waals surface area contributed by atoms with Crippen molar-refractivity contribution in [2.45, 2.75) is 25.9 Å². The fraction of sp³-hybridized carbons (Fsp3) is 0.583. The molecule has 1 fully saturated rings. The van der Waals surface area contributed by atoms with Gasteiger partial charge in [0.25, 0.3) is 5.89 Å². The van der Waals surface area contributed by atoms with Crippen LogP contribution in [0.5, 0.6) is 0 Å². The molecule has 0 aromatic carbocycles. The number of ether oxygens (including phenoxy) is 1. The van der Waals surface area contributed by atoms with Crippen molar-refractivity contribution >= 4 is 0 Å². The number of aliphatic hydroxyl groups is 1. The topological polar surface area (TPSA) is 97.1 Å². The second kappa shape index (κ2) is 5.10. The quantitative estimate of drug-likeness (QED) is 0.865. The Hall–Kier alpha value is -1.73. The number of imidazole rings is 1. The van der Waals surface area contributed by atoms with Gasteiger partial charge in [-0.2, -0.15) is 4.98 Å². The Morgan fingerprint density at radius 2 is 2.21 bits per heavy atom. The third-order valence-corrected chi connectivity index (χ3v) is 3.45. The SMILES string of the molecule is Cc1[nH]cnc1-c1noc(C(O)C2CCOCC2)n1. The summed E-state index contributed by atoms with van der Waals surface area (Å²) in [7, 11) is 0. The lowest BCUT2D eigenvalue weighted by Crippen LogP contribution is -2.22. The Balaban J connectivity index is 1.79. The summed E-state index contributed by atoms with van der Waals surface area (Å²) >= 11 is 0. The molecule has 0 radical (unpaired) electrons. The third-order valence-electron chi connectivity index (χ3n) is 3.45. The van der Waals surface area contributed by atoms with E-state index < -0.39 is 6.10 Å². The fourth-order valence-corrected chi connectivity index (χ4v) is 2.27. The monoisotopic (exact) mass is 264 g/mol. The predicted molar refractivity (Wildman–Crippen MR) is 65.1 cm³/mol. The average molecular weight is 264 g/mol. The minimum Gasteiger partial charge on any atom is -0.383 e. The van der Waals surface area contributed by atoms with Crippen molar-refractivity contribution in [3.63, 3.8) is 0 Å². The largest absolute Gasteiger partial charge is 0.383 e. The molecule has 2 aromatic rings. The number of H-pyrrole nitrogens is 1. The molecule has 7 heteroatoms. The zero-order chi connectivity index (χ0) is 13.2. The van der Waals surface area contributed by atoms with Gasteiger partial charge >= 0.3 is 0 Å². The highest BCUT2D eigenvalue weighted by atomic mass is 16.5. The zero-order valence-electron chi connectivity index (χ0n) is 10.7. The summed E-state index contributed by atoms with van der Waals surface area (Å²) < 4.78 is 10.4. The van der Waals surface area contributed by atoms with Crippen LogP contribution in [-0.4, -0.2) is 38.4 Å². The molecule has 0 spiro atoms. The summed E-state index contributed by atoms with van der Waals surface area (Å²) in [5.41, 5.74) is 1.52. The maximum Gasteiger partial charge on any atom is 0.256 e. The number of hydrogen-bond acceptors (Lipinski definition) is 6. The summed E-state index contributed by atoms with van der Waals surface area (Å²) in [6, 6.07) is 0. The Labute approximate surface area is 110 Å². The van der Waals surface area contributed by atoms with Crippen molar-refractivity contribution in [2.75, 3.05) is 13.2 Å². The molecule has 1 atom stereocenters. The van der Waals surface area contributed by atoms with E-state index >= 15 is 0 Å². The predicted octanol–water partition coefficient (Wildman–Crippen LogP) is 1.23. The average Bonchev–Trinajstić information content (AvgIpc) is 3.07. The van der Waals surface area contributed by atoms with Crippen molar-refractivity contribution < 1.29 is 14.4 Å². The van der Waals surface area contributed by atoms with Gasteiger partial charge in [0.1, 0.15) is 11.8 Å². The fourth-order valence-electron chi connectivity index (χ4n) is 2.27. The van der Waals surface area contributed by atoms with Crippen LogP contribution in [-0.2, 0) is 4.74 Å². The third kappa shape index (κ3) is 2.39. The van der Waals surface area contributed by atoms with E-state index in [-0.39, 0.29) is 11.8 Å². The highest BCUT2D eigenvalue weighted by Gasteiger charge is 2.28. The normalized spacial score (nSPS) is 18.6. The van der Waals surface area contributed by atoms with Crippen LogP contribution in [0.3, 0.4) is 0 Å². The van der Waals surface area contributed by atoms with Crippen LogP contribution in [0.25, 0.3) is 11.5 Å². The first-order valence-electron chi connectivity index (χ1n) is 6.35. The Morgan fingerprint density at radius 1 is 1.42 bits per heavy atom. The Kier molecular flexibility index (Phi) is 3.31. The molecule has 1 aliphatic heterocycles. The number of aliphatic hydroxyl groups excluding tert-OH is 1. The van der Waals surface area contributed by atoms with E-state index in [1.54, 1.807) is 6.33 Å². The van der Waals surface area contributed by atoms with Crippen molar-refractivity contribution in [3.05, 3.63) is 17.9 Å². The van der Waals surface area contributed by atoms with Crippen LogP contribution in [0.15, 0.2) is 10.9 Å². The molecule has 0 aliphatic carbocycles. The first kappa shape index (κ1) is 12.3. The van der Waals surface area contributed by atoms with Crippen LogP contribution in [0.4, 0.5) is 0 Å².